The molecule has 18 heavy (non-hydrogen) atoms. The maximum Gasteiger partial charge on any atom is 0.312 e. The van der Waals surface area contributed by atoms with Crippen LogP contribution in [0, 0.1) is 0 Å². The number of benzene rings is 2. The van der Waals surface area contributed by atoms with Gasteiger partial charge in [0.2, 0.25) is 0 Å². The fourth-order valence-corrected chi connectivity index (χ4v) is 2.43. The lowest BCUT2D eigenvalue weighted by Crippen LogP contribution is -2.01. The summed E-state index contributed by atoms with van der Waals surface area (Å²) in [6.07, 6.45) is 0. The standard InChI is InChI=1S/C13H9NO3S/c15-18(16,17)12-8-7-10-6-5-9-3-1-2-4-11(9)13(10)14-12/h1-8H,(H,15,16,17). The van der Waals surface area contributed by atoms with Crippen molar-refractivity contribution in [3.8, 4) is 0 Å². The molecule has 1 N–H and O–H groups in total. The van der Waals surface area contributed by atoms with Crippen LogP contribution in [0.1, 0.15) is 0 Å². The van der Waals surface area contributed by atoms with E-state index in [0.717, 1.165) is 16.2 Å². The molecular weight excluding hydrogens is 250 g/mol. The van der Waals surface area contributed by atoms with Crippen molar-refractivity contribution in [3.05, 3.63) is 48.5 Å². The first-order valence-electron chi connectivity index (χ1n) is 5.32. The van der Waals surface area contributed by atoms with E-state index < -0.39 is 10.1 Å². The van der Waals surface area contributed by atoms with Crippen LogP contribution >= 0.6 is 0 Å². The molecule has 4 nitrogen and oxygen atoms in total. The molecule has 3 aromatic rings. The molecule has 0 aliphatic heterocycles. The van der Waals surface area contributed by atoms with Gasteiger partial charge in [-0.25, -0.2) is 4.98 Å². The fraction of sp³-hybridized carbons (Fsp3) is 0. The van der Waals surface area contributed by atoms with Gasteiger partial charge >= 0.3 is 10.1 Å². The Morgan fingerprint density at radius 1 is 0.889 bits per heavy atom. The lowest BCUT2D eigenvalue weighted by molar-refractivity contribution is 0.480. The second kappa shape index (κ2) is 3.76. The first kappa shape index (κ1) is 11.1. The van der Waals surface area contributed by atoms with Crippen molar-refractivity contribution in [3.63, 3.8) is 0 Å². The topological polar surface area (TPSA) is 67.3 Å². The Balaban J connectivity index is 2.48. The summed E-state index contributed by atoms with van der Waals surface area (Å²) in [6, 6.07) is 14.3. The molecule has 0 saturated heterocycles. The molecule has 0 bridgehead atoms. The number of nitrogens with zero attached hydrogens (tertiary/aromatic N) is 1. The number of hydrogen-bond donors (Lipinski definition) is 1. The summed E-state index contributed by atoms with van der Waals surface area (Å²) >= 11 is 0. The highest BCUT2D eigenvalue weighted by Gasteiger charge is 2.12. The first-order chi connectivity index (χ1) is 8.55. The van der Waals surface area contributed by atoms with Gasteiger partial charge < -0.3 is 0 Å². The summed E-state index contributed by atoms with van der Waals surface area (Å²) < 4.78 is 31.2. The highest BCUT2D eigenvalue weighted by Crippen LogP contribution is 2.24. The van der Waals surface area contributed by atoms with E-state index in [0.29, 0.717) is 5.52 Å². The van der Waals surface area contributed by atoms with Crippen LogP contribution in [0.5, 0.6) is 0 Å². The summed E-state index contributed by atoms with van der Waals surface area (Å²) in [4.78, 5) is 4.04. The van der Waals surface area contributed by atoms with Gasteiger partial charge in [0, 0.05) is 10.8 Å². The quantitative estimate of drug-likeness (QED) is 0.539. The average Bonchev–Trinajstić information content (AvgIpc) is 2.37. The monoisotopic (exact) mass is 259 g/mol. The maximum absolute atomic E-state index is 11.1. The van der Waals surface area contributed by atoms with E-state index in [9.17, 15) is 8.42 Å². The van der Waals surface area contributed by atoms with Crippen LogP contribution in [-0.2, 0) is 10.1 Å². The molecule has 0 amide bonds. The van der Waals surface area contributed by atoms with E-state index in [1.807, 2.05) is 36.4 Å². The molecule has 0 fully saturated rings. The van der Waals surface area contributed by atoms with Crippen LogP contribution in [0.3, 0.4) is 0 Å². The second-order valence-corrected chi connectivity index (χ2v) is 5.35. The lowest BCUT2D eigenvalue weighted by Gasteiger charge is -2.04. The predicted molar refractivity (Wildman–Crippen MR) is 69.1 cm³/mol. The Labute approximate surface area is 104 Å². The first-order valence-corrected chi connectivity index (χ1v) is 6.76. The van der Waals surface area contributed by atoms with Gasteiger partial charge in [0.1, 0.15) is 0 Å². The van der Waals surface area contributed by atoms with Crippen molar-refractivity contribution in [2.45, 2.75) is 5.03 Å². The summed E-state index contributed by atoms with van der Waals surface area (Å²) in [5.41, 5.74) is 0.572. The fourth-order valence-electron chi connectivity index (χ4n) is 1.98. The van der Waals surface area contributed by atoms with E-state index in [1.165, 1.54) is 6.07 Å². The molecule has 5 heteroatoms. The SMILES string of the molecule is O=S(=O)(O)c1ccc2ccc3ccccc3c2n1. The summed E-state index contributed by atoms with van der Waals surface area (Å²) in [7, 11) is -4.27. The summed E-state index contributed by atoms with van der Waals surface area (Å²) in [6.45, 7) is 0. The summed E-state index contributed by atoms with van der Waals surface area (Å²) in [5.74, 6) is 0. The molecular formula is C13H9NO3S. The number of hydrogen-bond acceptors (Lipinski definition) is 3. The molecule has 0 spiro atoms. The van der Waals surface area contributed by atoms with Gasteiger partial charge in [0.25, 0.3) is 0 Å². The molecule has 0 radical (unpaired) electrons. The van der Waals surface area contributed by atoms with Crippen molar-refractivity contribution in [1.82, 2.24) is 4.98 Å². The molecule has 0 aliphatic rings. The van der Waals surface area contributed by atoms with Crippen molar-refractivity contribution >= 4 is 31.8 Å². The average molecular weight is 259 g/mol. The van der Waals surface area contributed by atoms with Crippen LogP contribution in [0.25, 0.3) is 21.7 Å². The Morgan fingerprint density at radius 3 is 2.33 bits per heavy atom. The molecule has 3 rings (SSSR count). The highest BCUT2D eigenvalue weighted by molar-refractivity contribution is 7.85. The van der Waals surface area contributed by atoms with E-state index in [2.05, 4.69) is 4.98 Å². The highest BCUT2D eigenvalue weighted by atomic mass is 32.2. The molecule has 1 heterocycles. The minimum Gasteiger partial charge on any atom is -0.281 e. The third-order valence-corrected chi connectivity index (χ3v) is 3.58. The zero-order valence-corrected chi connectivity index (χ0v) is 10.1. The van der Waals surface area contributed by atoms with Gasteiger partial charge in [0.15, 0.2) is 5.03 Å². The van der Waals surface area contributed by atoms with E-state index in [-0.39, 0.29) is 5.03 Å². The van der Waals surface area contributed by atoms with Crippen LogP contribution in [-0.4, -0.2) is 18.0 Å². The van der Waals surface area contributed by atoms with Crippen LogP contribution in [0.4, 0.5) is 0 Å². The van der Waals surface area contributed by atoms with Crippen molar-refractivity contribution in [2.75, 3.05) is 0 Å². The van der Waals surface area contributed by atoms with Crippen molar-refractivity contribution < 1.29 is 13.0 Å². The van der Waals surface area contributed by atoms with Gasteiger partial charge in [-0.1, -0.05) is 36.4 Å². The van der Waals surface area contributed by atoms with Gasteiger partial charge in [0.05, 0.1) is 5.52 Å². The van der Waals surface area contributed by atoms with Gasteiger partial charge in [-0.05, 0) is 17.5 Å². The zero-order chi connectivity index (χ0) is 12.8. The van der Waals surface area contributed by atoms with E-state index in [4.69, 9.17) is 4.55 Å². The Morgan fingerprint density at radius 2 is 1.56 bits per heavy atom. The van der Waals surface area contributed by atoms with Crippen LogP contribution in [0.2, 0.25) is 0 Å². The smallest absolute Gasteiger partial charge is 0.281 e. The van der Waals surface area contributed by atoms with Crippen molar-refractivity contribution in [2.24, 2.45) is 0 Å². The number of rotatable bonds is 1. The second-order valence-electron chi connectivity index (χ2n) is 3.98. The van der Waals surface area contributed by atoms with E-state index in [1.54, 1.807) is 6.07 Å². The molecule has 0 unspecified atom stereocenters. The molecule has 0 saturated carbocycles. The third kappa shape index (κ3) is 1.73. The largest absolute Gasteiger partial charge is 0.312 e. The normalized spacial score (nSPS) is 12.1. The van der Waals surface area contributed by atoms with Gasteiger partial charge in [-0.2, -0.15) is 8.42 Å². The molecule has 1 aromatic heterocycles. The Bertz CT molecular complexity index is 856. The molecule has 2 aromatic carbocycles. The zero-order valence-electron chi connectivity index (χ0n) is 9.24. The molecule has 0 atom stereocenters. The predicted octanol–water partition coefficient (Wildman–Crippen LogP) is 2.63. The summed E-state index contributed by atoms with van der Waals surface area (Å²) in [5, 5.41) is 2.35. The van der Waals surface area contributed by atoms with Gasteiger partial charge in [-0.3, -0.25) is 4.55 Å². The number of aromatic nitrogens is 1. The lowest BCUT2D eigenvalue weighted by atomic mass is 10.1. The van der Waals surface area contributed by atoms with Gasteiger partial charge in [-0.15, -0.1) is 0 Å². The number of pyridine rings is 1. The number of fused-ring (bicyclic) bond motifs is 3. The Hall–Kier alpha value is -1.98. The Kier molecular flexibility index (Phi) is 2.33. The molecule has 90 valence electrons. The van der Waals surface area contributed by atoms with Crippen LogP contribution in [0.15, 0.2) is 53.6 Å². The van der Waals surface area contributed by atoms with E-state index >= 15 is 0 Å². The van der Waals surface area contributed by atoms with Crippen molar-refractivity contribution in [1.29, 1.82) is 0 Å². The molecule has 0 aliphatic carbocycles. The minimum atomic E-state index is -4.27. The van der Waals surface area contributed by atoms with Crippen LogP contribution < -0.4 is 0 Å². The maximum atomic E-state index is 11.1. The third-order valence-electron chi connectivity index (χ3n) is 2.82. The minimum absolute atomic E-state index is 0.327.